The Hall–Kier alpha value is -1.91. The summed E-state index contributed by atoms with van der Waals surface area (Å²) in [5.41, 5.74) is 2.86. The number of non-ortho nitro benzene ring substituents is 1. The Morgan fingerprint density at radius 1 is 1.40 bits per heavy atom. The van der Waals surface area contributed by atoms with Gasteiger partial charge < -0.3 is 10.3 Å². The number of hydrazine groups is 1. The van der Waals surface area contributed by atoms with Gasteiger partial charge in [0.15, 0.2) is 4.34 Å². The van der Waals surface area contributed by atoms with Gasteiger partial charge in [-0.3, -0.25) is 16.0 Å². The summed E-state index contributed by atoms with van der Waals surface area (Å²) in [5, 5.41) is 19.7. The van der Waals surface area contributed by atoms with Crippen LogP contribution in [0.5, 0.6) is 0 Å². The van der Waals surface area contributed by atoms with Crippen LogP contribution in [-0.4, -0.2) is 29.2 Å². The molecule has 1 aromatic heterocycles. The molecule has 0 aliphatic carbocycles. The molecule has 8 nitrogen and oxygen atoms in total. The molecule has 106 valence electrons. The number of hydrogen-bond donors (Lipinski definition) is 2. The minimum absolute atomic E-state index is 0.0275. The lowest BCUT2D eigenvalue weighted by atomic mass is 10.3. The number of nitro groups is 1. The van der Waals surface area contributed by atoms with E-state index in [1.807, 2.05) is 19.0 Å². The van der Waals surface area contributed by atoms with Gasteiger partial charge in [-0.15, -0.1) is 10.2 Å². The minimum Gasteiger partial charge on any atom is -0.353 e. The third-order valence-electron chi connectivity index (χ3n) is 2.25. The van der Waals surface area contributed by atoms with Gasteiger partial charge in [0, 0.05) is 31.1 Å². The van der Waals surface area contributed by atoms with Crippen LogP contribution in [0, 0.1) is 10.1 Å². The fourth-order valence-electron chi connectivity index (χ4n) is 1.36. The van der Waals surface area contributed by atoms with E-state index in [-0.39, 0.29) is 5.69 Å². The molecule has 0 saturated carbocycles. The molecule has 0 unspecified atom stereocenters. The van der Waals surface area contributed by atoms with E-state index in [0.29, 0.717) is 14.9 Å². The predicted molar refractivity (Wildman–Crippen MR) is 79.3 cm³/mol. The first kappa shape index (κ1) is 14.5. The molecule has 0 aliphatic heterocycles. The fourth-order valence-corrected chi connectivity index (χ4v) is 3.19. The SMILES string of the molecule is CN(C)c1nnc(Sc2cc(NN)cc([N+](=O)[O-])c2)s1. The molecule has 0 bridgehead atoms. The summed E-state index contributed by atoms with van der Waals surface area (Å²) in [7, 11) is 3.75. The predicted octanol–water partition coefficient (Wildman–Crippen LogP) is 1.95. The van der Waals surface area contributed by atoms with Crippen LogP contribution in [0.2, 0.25) is 0 Å². The van der Waals surface area contributed by atoms with Crippen molar-refractivity contribution in [2.45, 2.75) is 9.24 Å². The first-order chi connectivity index (χ1) is 9.49. The Bertz CT molecular complexity index is 630. The Morgan fingerprint density at radius 3 is 2.70 bits per heavy atom. The highest BCUT2D eigenvalue weighted by Crippen LogP contribution is 2.35. The molecule has 1 aromatic carbocycles. The van der Waals surface area contributed by atoms with Crippen molar-refractivity contribution in [1.29, 1.82) is 0 Å². The van der Waals surface area contributed by atoms with Gasteiger partial charge in [-0.2, -0.15) is 0 Å². The molecule has 2 rings (SSSR count). The summed E-state index contributed by atoms with van der Waals surface area (Å²) in [6.07, 6.45) is 0. The third kappa shape index (κ3) is 3.35. The highest BCUT2D eigenvalue weighted by molar-refractivity contribution is 8.01. The summed E-state index contributed by atoms with van der Waals surface area (Å²) in [4.78, 5) is 12.9. The van der Waals surface area contributed by atoms with Gasteiger partial charge in [0.2, 0.25) is 5.13 Å². The molecule has 2 aromatic rings. The number of aromatic nitrogens is 2. The second-order valence-electron chi connectivity index (χ2n) is 3.96. The number of anilines is 2. The molecular weight excluding hydrogens is 300 g/mol. The van der Waals surface area contributed by atoms with Gasteiger partial charge in [-0.25, -0.2) is 0 Å². The van der Waals surface area contributed by atoms with Crippen molar-refractivity contribution in [3.05, 3.63) is 28.3 Å². The summed E-state index contributed by atoms with van der Waals surface area (Å²) in [5.74, 6) is 5.31. The molecule has 0 atom stereocenters. The summed E-state index contributed by atoms with van der Waals surface area (Å²) in [6, 6.07) is 4.56. The Labute approximate surface area is 123 Å². The molecular formula is C10H12N6O2S2. The van der Waals surface area contributed by atoms with E-state index in [1.54, 1.807) is 6.07 Å². The lowest BCUT2D eigenvalue weighted by Gasteiger charge is -2.04. The maximum atomic E-state index is 10.9. The van der Waals surface area contributed by atoms with Crippen LogP contribution in [0.25, 0.3) is 0 Å². The van der Waals surface area contributed by atoms with Crippen LogP contribution in [0.4, 0.5) is 16.5 Å². The van der Waals surface area contributed by atoms with Crippen LogP contribution in [0.3, 0.4) is 0 Å². The van der Waals surface area contributed by atoms with Crippen molar-refractivity contribution < 1.29 is 4.92 Å². The van der Waals surface area contributed by atoms with E-state index in [2.05, 4.69) is 15.6 Å². The van der Waals surface area contributed by atoms with Crippen molar-refractivity contribution in [2.24, 2.45) is 5.84 Å². The van der Waals surface area contributed by atoms with Gasteiger partial charge in [0.05, 0.1) is 10.6 Å². The number of nitro benzene ring substituents is 1. The maximum Gasteiger partial charge on any atom is 0.272 e. The van der Waals surface area contributed by atoms with Crippen LogP contribution in [-0.2, 0) is 0 Å². The molecule has 0 radical (unpaired) electrons. The van der Waals surface area contributed by atoms with Gasteiger partial charge >= 0.3 is 0 Å². The number of benzene rings is 1. The lowest BCUT2D eigenvalue weighted by molar-refractivity contribution is -0.385. The van der Waals surface area contributed by atoms with Crippen LogP contribution in [0.15, 0.2) is 27.4 Å². The van der Waals surface area contributed by atoms with E-state index in [1.165, 1.54) is 35.2 Å². The first-order valence-electron chi connectivity index (χ1n) is 5.44. The van der Waals surface area contributed by atoms with Crippen LogP contribution < -0.4 is 16.2 Å². The zero-order valence-electron chi connectivity index (χ0n) is 10.7. The van der Waals surface area contributed by atoms with Crippen molar-refractivity contribution in [3.63, 3.8) is 0 Å². The van der Waals surface area contributed by atoms with Gasteiger partial charge in [0.25, 0.3) is 5.69 Å². The molecule has 20 heavy (non-hydrogen) atoms. The Kier molecular flexibility index (Phi) is 4.37. The zero-order chi connectivity index (χ0) is 14.7. The topological polar surface area (TPSA) is 110 Å². The Morgan fingerprint density at radius 2 is 2.15 bits per heavy atom. The largest absolute Gasteiger partial charge is 0.353 e. The number of hydrogen-bond acceptors (Lipinski definition) is 9. The number of nitrogen functional groups attached to an aromatic ring is 1. The summed E-state index contributed by atoms with van der Waals surface area (Å²) in [6.45, 7) is 0. The van der Waals surface area contributed by atoms with E-state index in [4.69, 9.17) is 5.84 Å². The monoisotopic (exact) mass is 312 g/mol. The van der Waals surface area contributed by atoms with Crippen LogP contribution >= 0.6 is 23.1 Å². The molecule has 0 spiro atoms. The van der Waals surface area contributed by atoms with E-state index >= 15 is 0 Å². The maximum absolute atomic E-state index is 10.9. The quantitative estimate of drug-likeness (QED) is 0.489. The zero-order valence-corrected chi connectivity index (χ0v) is 12.4. The minimum atomic E-state index is -0.462. The Balaban J connectivity index is 2.27. The molecule has 3 N–H and O–H groups in total. The molecule has 1 heterocycles. The molecule has 0 saturated heterocycles. The molecule has 0 amide bonds. The summed E-state index contributed by atoms with van der Waals surface area (Å²) < 4.78 is 0.706. The van der Waals surface area contributed by atoms with Crippen molar-refractivity contribution in [2.75, 3.05) is 24.4 Å². The van der Waals surface area contributed by atoms with Crippen molar-refractivity contribution >= 4 is 39.6 Å². The number of nitrogens with zero attached hydrogens (tertiary/aromatic N) is 4. The number of rotatable bonds is 5. The fraction of sp³-hybridized carbons (Fsp3) is 0.200. The second kappa shape index (κ2) is 6.03. The van der Waals surface area contributed by atoms with Crippen molar-refractivity contribution in [3.8, 4) is 0 Å². The highest BCUT2D eigenvalue weighted by Gasteiger charge is 2.13. The van der Waals surface area contributed by atoms with Gasteiger partial charge in [-0.05, 0) is 6.07 Å². The van der Waals surface area contributed by atoms with Crippen molar-refractivity contribution in [1.82, 2.24) is 10.2 Å². The van der Waals surface area contributed by atoms with E-state index in [0.717, 1.165) is 5.13 Å². The second-order valence-corrected chi connectivity index (χ2v) is 6.24. The standard InChI is InChI=1S/C10H12N6O2S2/c1-15(2)9-13-14-10(20-9)19-8-4-6(12-11)3-7(5-8)16(17)18/h3-5,12H,11H2,1-2H3. The molecule has 0 aliphatic rings. The third-order valence-corrected chi connectivity index (χ3v) is 4.37. The number of nitrogens with two attached hydrogens (primary N) is 1. The van der Waals surface area contributed by atoms with Crippen LogP contribution in [0.1, 0.15) is 0 Å². The molecule has 0 fully saturated rings. The smallest absolute Gasteiger partial charge is 0.272 e. The van der Waals surface area contributed by atoms with E-state index in [9.17, 15) is 10.1 Å². The number of nitrogens with one attached hydrogen (secondary N) is 1. The average Bonchev–Trinajstić information content (AvgIpc) is 2.87. The lowest BCUT2D eigenvalue weighted by Crippen LogP contribution is -2.07. The average molecular weight is 312 g/mol. The van der Waals surface area contributed by atoms with Gasteiger partial charge in [0.1, 0.15) is 0 Å². The van der Waals surface area contributed by atoms with Gasteiger partial charge in [-0.1, -0.05) is 23.1 Å². The van der Waals surface area contributed by atoms with E-state index < -0.39 is 4.92 Å². The highest BCUT2D eigenvalue weighted by atomic mass is 32.2. The summed E-state index contributed by atoms with van der Waals surface area (Å²) >= 11 is 2.71. The molecule has 10 heteroatoms. The normalized spacial score (nSPS) is 10.3. The first-order valence-corrected chi connectivity index (χ1v) is 7.07.